The summed E-state index contributed by atoms with van der Waals surface area (Å²) in [5, 5.41) is 14.5. The lowest BCUT2D eigenvalue weighted by Gasteiger charge is -2.14. The van der Waals surface area contributed by atoms with Gasteiger partial charge in [-0.1, -0.05) is 35.3 Å². The first kappa shape index (κ1) is 16.3. The Hall–Kier alpha value is -2.11. The van der Waals surface area contributed by atoms with E-state index in [1.165, 1.54) is 12.1 Å². The van der Waals surface area contributed by atoms with Gasteiger partial charge in [0, 0.05) is 16.1 Å². The van der Waals surface area contributed by atoms with E-state index < -0.39 is 10.8 Å². The fourth-order valence-corrected chi connectivity index (χ4v) is 2.25. The summed E-state index contributed by atoms with van der Waals surface area (Å²) in [6, 6.07) is 10.6. The van der Waals surface area contributed by atoms with Gasteiger partial charge < -0.3 is 5.32 Å². The van der Waals surface area contributed by atoms with Gasteiger partial charge in [-0.05, 0) is 36.8 Å². The number of rotatable bonds is 4. The number of hydrogen-bond acceptors (Lipinski definition) is 3. The molecule has 0 heterocycles. The lowest BCUT2D eigenvalue weighted by molar-refractivity contribution is -0.385. The van der Waals surface area contributed by atoms with Gasteiger partial charge in [0.2, 0.25) is 0 Å². The molecule has 2 rings (SSSR count). The van der Waals surface area contributed by atoms with Gasteiger partial charge >= 0.3 is 0 Å². The van der Waals surface area contributed by atoms with Gasteiger partial charge in [0.15, 0.2) is 0 Å². The zero-order valence-electron chi connectivity index (χ0n) is 11.5. The molecule has 0 aromatic heterocycles. The largest absolute Gasteiger partial charge is 0.345 e. The van der Waals surface area contributed by atoms with Crippen molar-refractivity contribution in [1.29, 1.82) is 0 Å². The summed E-state index contributed by atoms with van der Waals surface area (Å²) < 4.78 is 0. The third-order valence-corrected chi connectivity index (χ3v) is 3.61. The molecule has 0 aliphatic rings. The van der Waals surface area contributed by atoms with Crippen molar-refractivity contribution in [3.05, 3.63) is 73.8 Å². The molecule has 0 spiro atoms. The molecule has 1 atom stereocenters. The second-order valence-electron chi connectivity index (χ2n) is 4.67. The van der Waals surface area contributed by atoms with Gasteiger partial charge in [-0.2, -0.15) is 0 Å². The van der Waals surface area contributed by atoms with Crippen LogP contribution in [0.15, 0.2) is 42.5 Å². The molecule has 5 nitrogen and oxygen atoms in total. The van der Waals surface area contributed by atoms with Crippen LogP contribution in [0.2, 0.25) is 10.0 Å². The van der Waals surface area contributed by atoms with Crippen molar-refractivity contribution in [2.24, 2.45) is 0 Å². The molecule has 0 unspecified atom stereocenters. The van der Waals surface area contributed by atoms with Crippen molar-refractivity contribution >= 4 is 34.8 Å². The summed E-state index contributed by atoms with van der Waals surface area (Å²) in [5.74, 6) is -0.536. The molecular weight excluding hydrogens is 327 g/mol. The smallest absolute Gasteiger partial charge is 0.283 e. The fraction of sp³-hybridized carbons (Fsp3) is 0.133. The van der Waals surface area contributed by atoms with Crippen LogP contribution in [0.25, 0.3) is 0 Å². The van der Waals surface area contributed by atoms with Crippen LogP contribution in [0.5, 0.6) is 0 Å². The molecule has 2 aromatic carbocycles. The molecule has 114 valence electrons. The normalized spacial score (nSPS) is 11.8. The summed E-state index contributed by atoms with van der Waals surface area (Å²) in [5.41, 5.74) is 0.484. The molecule has 1 amide bonds. The zero-order valence-corrected chi connectivity index (χ0v) is 13.1. The number of amides is 1. The Kier molecular flexibility index (Phi) is 5.00. The molecule has 0 saturated carbocycles. The quantitative estimate of drug-likeness (QED) is 0.663. The Labute approximate surface area is 137 Å². The summed E-state index contributed by atoms with van der Waals surface area (Å²) in [7, 11) is 0. The van der Waals surface area contributed by atoms with Crippen LogP contribution in [0.1, 0.15) is 28.9 Å². The molecule has 0 bridgehead atoms. The van der Waals surface area contributed by atoms with Crippen LogP contribution in [0.4, 0.5) is 5.69 Å². The number of halogens is 2. The van der Waals surface area contributed by atoms with E-state index in [0.717, 1.165) is 11.6 Å². The van der Waals surface area contributed by atoms with Gasteiger partial charge in [0.05, 0.1) is 11.0 Å². The van der Waals surface area contributed by atoms with Crippen molar-refractivity contribution in [1.82, 2.24) is 5.32 Å². The molecular formula is C15H12Cl2N2O3. The highest BCUT2D eigenvalue weighted by Crippen LogP contribution is 2.24. The highest BCUT2D eigenvalue weighted by atomic mass is 35.5. The van der Waals surface area contributed by atoms with E-state index in [4.69, 9.17) is 23.2 Å². The minimum Gasteiger partial charge on any atom is -0.345 e. The minimum absolute atomic E-state index is 0.0322. The lowest BCUT2D eigenvalue weighted by Crippen LogP contribution is -2.27. The second kappa shape index (κ2) is 6.77. The number of benzene rings is 2. The molecule has 0 saturated heterocycles. The Morgan fingerprint density at radius 2 is 1.73 bits per heavy atom. The number of nitro groups is 1. The Morgan fingerprint density at radius 3 is 2.32 bits per heavy atom. The van der Waals surface area contributed by atoms with E-state index in [0.29, 0.717) is 5.02 Å². The van der Waals surface area contributed by atoms with Crippen LogP contribution in [0, 0.1) is 10.1 Å². The van der Waals surface area contributed by atoms with Crippen molar-refractivity contribution in [2.45, 2.75) is 13.0 Å². The van der Waals surface area contributed by atoms with Gasteiger partial charge in [0.1, 0.15) is 5.56 Å². The Morgan fingerprint density at radius 1 is 1.14 bits per heavy atom. The van der Waals surface area contributed by atoms with Crippen LogP contribution in [-0.2, 0) is 0 Å². The summed E-state index contributed by atoms with van der Waals surface area (Å²) in [4.78, 5) is 22.6. The first-order chi connectivity index (χ1) is 10.4. The summed E-state index contributed by atoms with van der Waals surface area (Å²) in [6.45, 7) is 1.78. The van der Waals surface area contributed by atoms with Crippen LogP contribution in [-0.4, -0.2) is 10.8 Å². The Bertz CT molecular complexity index is 717. The van der Waals surface area contributed by atoms with Crippen molar-refractivity contribution in [2.75, 3.05) is 0 Å². The fourth-order valence-electron chi connectivity index (χ4n) is 1.96. The van der Waals surface area contributed by atoms with Gasteiger partial charge in [-0.25, -0.2) is 0 Å². The number of nitrogens with zero attached hydrogens (tertiary/aromatic N) is 1. The topological polar surface area (TPSA) is 72.2 Å². The first-order valence-corrected chi connectivity index (χ1v) is 7.14. The number of carbonyl (C=O) groups is 1. The number of carbonyl (C=O) groups excluding carboxylic acids is 1. The second-order valence-corrected chi connectivity index (χ2v) is 5.54. The van der Waals surface area contributed by atoms with E-state index in [9.17, 15) is 14.9 Å². The zero-order chi connectivity index (χ0) is 16.3. The van der Waals surface area contributed by atoms with E-state index in [2.05, 4.69) is 5.32 Å². The first-order valence-electron chi connectivity index (χ1n) is 6.38. The molecule has 0 aliphatic heterocycles. The molecule has 2 aromatic rings. The molecule has 0 radical (unpaired) electrons. The molecule has 1 N–H and O–H groups in total. The SMILES string of the molecule is C[C@H](NC(=O)c1ccc(Cl)cc1[N+](=O)[O-])c1ccc(Cl)cc1. The van der Waals surface area contributed by atoms with E-state index in [-0.39, 0.29) is 22.3 Å². The standard InChI is InChI=1S/C15H12Cl2N2O3/c1-9(10-2-4-11(16)5-3-10)18-15(20)13-7-6-12(17)8-14(13)19(21)22/h2-9H,1H3,(H,18,20)/t9-/m0/s1. The maximum Gasteiger partial charge on any atom is 0.283 e. The monoisotopic (exact) mass is 338 g/mol. The van der Waals surface area contributed by atoms with E-state index in [1.807, 2.05) is 0 Å². The minimum atomic E-state index is -0.631. The average Bonchev–Trinajstić information content (AvgIpc) is 2.47. The predicted octanol–water partition coefficient (Wildman–Crippen LogP) is 4.39. The number of nitro benzene ring substituents is 1. The maximum atomic E-state index is 12.2. The van der Waals surface area contributed by atoms with Crippen molar-refractivity contribution in [3.63, 3.8) is 0 Å². The predicted molar refractivity (Wildman–Crippen MR) is 85.4 cm³/mol. The third-order valence-electron chi connectivity index (χ3n) is 3.12. The van der Waals surface area contributed by atoms with Crippen LogP contribution in [0.3, 0.4) is 0 Å². The lowest BCUT2D eigenvalue weighted by atomic mass is 10.1. The Balaban J connectivity index is 2.22. The highest BCUT2D eigenvalue weighted by Gasteiger charge is 2.22. The van der Waals surface area contributed by atoms with Crippen LogP contribution >= 0.6 is 23.2 Å². The van der Waals surface area contributed by atoms with Gasteiger partial charge in [-0.15, -0.1) is 0 Å². The van der Waals surface area contributed by atoms with Gasteiger partial charge in [-0.3, -0.25) is 14.9 Å². The molecule has 7 heteroatoms. The van der Waals surface area contributed by atoms with Crippen LogP contribution < -0.4 is 5.32 Å². The number of hydrogen-bond donors (Lipinski definition) is 1. The number of nitrogens with one attached hydrogen (secondary N) is 1. The third kappa shape index (κ3) is 3.75. The van der Waals surface area contributed by atoms with E-state index in [1.54, 1.807) is 31.2 Å². The van der Waals surface area contributed by atoms with Gasteiger partial charge in [0.25, 0.3) is 11.6 Å². The maximum absolute atomic E-state index is 12.2. The highest BCUT2D eigenvalue weighted by molar-refractivity contribution is 6.31. The van der Waals surface area contributed by atoms with Crippen molar-refractivity contribution in [3.8, 4) is 0 Å². The molecule has 0 fully saturated rings. The van der Waals surface area contributed by atoms with Crippen molar-refractivity contribution < 1.29 is 9.72 Å². The van der Waals surface area contributed by atoms with E-state index >= 15 is 0 Å². The molecule has 22 heavy (non-hydrogen) atoms. The summed E-state index contributed by atoms with van der Waals surface area (Å²) in [6.07, 6.45) is 0. The average molecular weight is 339 g/mol. The molecule has 0 aliphatic carbocycles. The summed E-state index contributed by atoms with van der Waals surface area (Å²) >= 11 is 11.5.